The Bertz CT molecular complexity index is 2200. The summed E-state index contributed by atoms with van der Waals surface area (Å²) in [7, 11) is 31.8. The zero-order chi connectivity index (χ0) is 72.2. The maximum absolute atomic E-state index is 7.02. The lowest BCUT2D eigenvalue weighted by Gasteiger charge is -2.52. The molecule has 36 heteroatoms. The Hall–Kier alpha value is -1.44. The average molecular weight is 1450 g/mol. The summed E-state index contributed by atoms with van der Waals surface area (Å²) in [6, 6.07) is -0.607. The number of methoxy groups -OCH3 is 21. The molecule has 7 saturated heterocycles. The van der Waals surface area contributed by atoms with E-state index < -0.39 is 215 Å². The molecule has 36 nitrogen and oxygen atoms in total. The van der Waals surface area contributed by atoms with E-state index >= 15 is 0 Å². The highest BCUT2D eigenvalue weighted by Crippen LogP contribution is 2.42. The molecule has 0 bridgehead atoms. The standard InChI is InChI=1S/C63H116N2O34/c1-66-22-29-36(64)43(73-8)51(81-16)58(88-29)95-38-31(24-68-3)90-60(53(83-18)45(38)75-10)97-40-33(26-70-5)92-62(55(85-20)47(40)77-12)99-42-35(28-72-7)93-63(56(86-21)49(42)79-14)98-41-34(27-71-6)91-61(54(84-19)48(41)78-13)96-39-32(25-69-4)89-59(52(82-17)46(39)76-11)94-37-30(23-67-2)87-57(65)50(80-15)44(37)74-9/h29-63H,22-28,64-65H2,1-21H3/t29-,30-,31-,32-,33-,34-,35-,36-,37-,38-,39-,40-,41-,42-,43+,44+,45+,46+,47+,48+,49+,50-,51-,52-,53-,54-,55-,56-,57-,58-,59-,60-,61-,62-,63-/m1/s1. The van der Waals surface area contributed by atoms with E-state index in [1.54, 1.807) is 7.11 Å². The molecule has 7 aliphatic heterocycles. The highest BCUT2D eigenvalue weighted by Gasteiger charge is 2.61. The van der Waals surface area contributed by atoms with Gasteiger partial charge in [-0.05, 0) is 0 Å². The first-order valence-electron chi connectivity index (χ1n) is 32.9. The van der Waals surface area contributed by atoms with Crippen molar-refractivity contribution in [3.8, 4) is 0 Å². The van der Waals surface area contributed by atoms with Gasteiger partial charge in [0, 0.05) is 149 Å². The fraction of sp³-hybridized carbons (Fsp3) is 1.00. The highest BCUT2D eigenvalue weighted by molar-refractivity contribution is 5.04. The van der Waals surface area contributed by atoms with Gasteiger partial charge in [0.05, 0.1) is 52.3 Å². The molecule has 7 fully saturated rings. The number of rotatable bonds is 40. The van der Waals surface area contributed by atoms with E-state index in [0.29, 0.717) is 0 Å². The van der Waals surface area contributed by atoms with Crippen LogP contribution in [0.25, 0.3) is 0 Å². The van der Waals surface area contributed by atoms with Gasteiger partial charge >= 0.3 is 0 Å². The molecular weight excluding hydrogens is 1330 g/mol. The van der Waals surface area contributed by atoms with Crippen molar-refractivity contribution >= 4 is 0 Å². The third-order valence-corrected chi connectivity index (χ3v) is 19.2. The minimum absolute atomic E-state index is 0.00144. The monoisotopic (exact) mass is 1440 g/mol. The molecule has 7 rings (SSSR count). The summed E-state index contributed by atoms with van der Waals surface area (Å²) in [5, 5.41) is 0. The van der Waals surface area contributed by atoms with Gasteiger partial charge in [0.1, 0.15) is 171 Å². The summed E-state index contributed by atoms with van der Waals surface area (Å²) in [6.45, 7) is 0.169. The third-order valence-electron chi connectivity index (χ3n) is 19.2. The number of nitrogens with two attached hydrogens (primary N) is 2. The summed E-state index contributed by atoms with van der Waals surface area (Å²) >= 11 is 0. The second-order valence-corrected chi connectivity index (χ2v) is 24.6. The quantitative estimate of drug-likeness (QED) is 0.0635. The first-order valence-corrected chi connectivity index (χ1v) is 32.9. The van der Waals surface area contributed by atoms with E-state index in [2.05, 4.69) is 0 Å². The van der Waals surface area contributed by atoms with Gasteiger partial charge in [-0.15, -0.1) is 0 Å². The minimum atomic E-state index is -1.23. The number of ether oxygens (including phenoxy) is 34. The Balaban J connectivity index is 1.10. The summed E-state index contributed by atoms with van der Waals surface area (Å²) in [4.78, 5) is 0. The van der Waals surface area contributed by atoms with Gasteiger partial charge in [0.2, 0.25) is 0 Å². The van der Waals surface area contributed by atoms with Crippen LogP contribution in [0.3, 0.4) is 0 Å². The number of hydrogen-bond donors (Lipinski definition) is 2. The summed E-state index contributed by atoms with van der Waals surface area (Å²) < 4.78 is 214. The Morgan fingerprint density at radius 2 is 0.343 bits per heavy atom. The molecule has 0 radical (unpaired) electrons. The van der Waals surface area contributed by atoms with Crippen molar-refractivity contribution in [1.82, 2.24) is 0 Å². The molecule has 582 valence electrons. The van der Waals surface area contributed by atoms with Crippen LogP contribution in [0.1, 0.15) is 0 Å². The zero-order valence-electron chi connectivity index (χ0n) is 61.2. The fourth-order valence-corrected chi connectivity index (χ4v) is 14.6. The minimum Gasteiger partial charge on any atom is -0.382 e. The molecule has 7 heterocycles. The van der Waals surface area contributed by atoms with Crippen LogP contribution in [-0.2, 0) is 161 Å². The van der Waals surface area contributed by atoms with Crippen LogP contribution in [0.2, 0.25) is 0 Å². The van der Waals surface area contributed by atoms with E-state index in [9.17, 15) is 0 Å². The molecule has 0 aliphatic carbocycles. The average Bonchev–Trinajstić information content (AvgIpc) is 0.777. The molecule has 35 atom stereocenters. The van der Waals surface area contributed by atoms with E-state index in [-0.39, 0.29) is 46.2 Å². The van der Waals surface area contributed by atoms with Crippen molar-refractivity contribution in [2.75, 3.05) is 196 Å². The molecule has 0 saturated carbocycles. The Labute approximate surface area is 581 Å². The van der Waals surface area contributed by atoms with Crippen LogP contribution in [0.5, 0.6) is 0 Å². The van der Waals surface area contributed by atoms with Gasteiger partial charge in [-0.1, -0.05) is 0 Å². The molecule has 0 spiro atoms. The molecule has 99 heavy (non-hydrogen) atoms. The lowest BCUT2D eigenvalue weighted by atomic mass is 9.94. The largest absolute Gasteiger partial charge is 0.382 e. The predicted octanol–water partition coefficient (Wildman–Crippen LogP) is -2.61. The molecule has 0 unspecified atom stereocenters. The molecule has 0 aromatic heterocycles. The first-order chi connectivity index (χ1) is 48.0. The van der Waals surface area contributed by atoms with E-state index in [0.717, 1.165) is 0 Å². The van der Waals surface area contributed by atoms with Gasteiger partial charge < -0.3 is 173 Å². The van der Waals surface area contributed by atoms with E-state index in [1.807, 2.05) is 0 Å². The molecule has 4 N–H and O–H groups in total. The summed E-state index contributed by atoms with van der Waals surface area (Å²) in [5.41, 5.74) is 13.0. The Kier molecular flexibility index (Phi) is 36.1. The van der Waals surface area contributed by atoms with Gasteiger partial charge in [0.15, 0.2) is 37.7 Å². The van der Waals surface area contributed by atoms with E-state index in [1.165, 1.54) is 142 Å². The van der Waals surface area contributed by atoms with Crippen molar-refractivity contribution in [3.63, 3.8) is 0 Å². The fourth-order valence-electron chi connectivity index (χ4n) is 14.6. The van der Waals surface area contributed by atoms with Crippen molar-refractivity contribution in [2.24, 2.45) is 11.5 Å². The topological polar surface area (TPSA) is 366 Å². The van der Waals surface area contributed by atoms with Crippen molar-refractivity contribution in [2.45, 2.75) is 215 Å². The molecular formula is C63H116N2O34. The second kappa shape index (κ2) is 42.2. The highest BCUT2D eigenvalue weighted by atomic mass is 16.8. The van der Waals surface area contributed by atoms with Crippen LogP contribution >= 0.6 is 0 Å². The molecule has 0 amide bonds. The normalized spacial score (nSPS) is 44.7. The van der Waals surface area contributed by atoms with Crippen molar-refractivity contribution < 1.29 is 161 Å². The van der Waals surface area contributed by atoms with Gasteiger partial charge in [0.25, 0.3) is 0 Å². The van der Waals surface area contributed by atoms with Gasteiger partial charge in [-0.25, -0.2) is 0 Å². The third kappa shape index (κ3) is 19.3. The van der Waals surface area contributed by atoms with Crippen molar-refractivity contribution in [1.29, 1.82) is 0 Å². The smallest absolute Gasteiger partial charge is 0.187 e. The maximum atomic E-state index is 7.02. The second-order valence-electron chi connectivity index (χ2n) is 24.6. The predicted molar refractivity (Wildman–Crippen MR) is 336 cm³/mol. The van der Waals surface area contributed by atoms with Gasteiger partial charge in [-0.2, -0.15) is 0 Å². The Morgan fingerprint density at radius 1 is 0.182 bits per heavy atom. The Morgan fingerprint density at radius 3 is 0.535 bits per heavy atom. The molecule has 0 aromatic carbocycles. The zero-order valence-corrected chi connectivity index (χ0v) is 61.2. The summed E-state index contributed by atoms with van der Waals surface area (Å²) in [5.74, 6) is 0. The van der Waals surface area contributed by atoms with Crippen LogP contribution in [0, 0.1) is 0 Å². The SMILES string of the molecule is COC[C@H]1O[C@H](O[C@H]2[C@H](OC)[C@@H](OC)[C@@H](O[C@H]3[C@H](OC)[C@@H](OC)[C@@H](O[C@H]4[C@H](OC)[C@@H](OC)[C@@H](O[C@H]5[C@H](OC)[C@@H](OC)[C@@H](O[C@H]6[C@H](OC)[C@@H](OC)[C@@H](O[C@H]7[C@H](OC)[C@@H](OC)[C@H](N)O[C@@H]7COC)O[C@@H]6COC)O[C@@H]5COC)O[C@@H]4COC)O[C@@H]3COC)O[C@@H]2COC)[C@H](OC)[C@@H](OC)[C@@H]1N. The van der Waals surface area contributed by atoms with Crippen LogP contribution in [0.4, 0.5) is 0 Å². The van der Waals surface area contributed by atoms with Crippen molar-refractivity contribution in [3.05, 3.63) is 0 Å². The summed E-state index contributed by atoms with van der Waals surface area (Å²) in [6.07, 6.45) is -31.7. The van der Waals surface area contributed by atoms with Gasteiger partial charge in [-0.3, -0.25) is 0 Å². The lowest BCUT2D eigenvalue weighted by Crippen LogP contribution is -2.69. The van der Waals surface area contributed by atoms with Crippen LogP contribution < -0.4 is 11.5 Å². The maximum Gasteiger partial charge on any atom is 0.187 e. The van der Waals surface area contributed by atoms with Crippen LogP contribution in [0.15, 0.2) is 0 Å². The molecule has 0 aromatic rings. The van der Waals surface area contributed by atoms with E-state index in [4.69, 9.17) is 173 Å². The lowest BCUT2D eigenvalue weighted by molar-refractivity contribution is -0.403. The molecule has 7 aliphatic rings. The first kappa shape index (κ1) is 84.8. The van der Waals surface area contributed by atoms with Crippen LogP contribution in [-0.4, -0.2) is 410 Å². The number of hydrogen-bond acceptors (Lipinski definition) is 36.